The third-order valence-electron chi connectivity index (χ3n) is 5.05. The number of ether oxygens (including phenoxy) is 1. The van der Waals surface area contributed by atoms with E-state index in [1.807, 2.05) is 48.7 Å². The number of pyridine rings is 1. The fraction of sp³-hybridized carbons (Fsp3) is 0.111. The van der Waals surface area contributed by atoms with Crippen LogP contribution in [0.3, 0.4) is 0 Å². The Morgan fingerprint density at radius 1 is 1.06 bits per heavy atom. The fourth-order valence-electron chi connectivity index (χ4n) is 3.46. The van der Waals surface area contributed by atoms with E-state index in [0.29, 0.717) is 25.6 Å². The Balaban J connectivity index is 1.48. The molecule has 0 radical (unpaired) electrons. The molecule has 4 N–H and O–H groups in total. The number of aromatic nitrogens is 2. The van der Waals surface area contributed by atoms with Crippen molar-refractivity contribution in [3.63, 3.8) is 0 Å². The lowest BCUT2D eigenvalue weighted by Crippen LogP contribution is -2.21. The first-order valence-corrected chi connectivity index (χ1v) is 10.8. The molecule has 0 unspecified atom stereocenters. The summed E-state index contributed by atoms with van der Waals surface area (Å²) in [5, 5.41) is 4.31. The number of primary amides is 1. The minimum atomic E-state index is -0.453. The van der Waals surface area contributed by atoms with Gasteiger partial charge in [-0.25, -0.2) is 4.98 Å². The van der Waals surface area contributed by atoms with Gasteiger partial charge in [0.15, 0.2) is 0 Å². The number of para-hydroxylation sites is 1. The Labute approximate surface area is 192 Å². The van der Waals surface area contributed by atoms with E-state index in [4.69, 9.17) is 10.5 Å². The maximum absolute atomic E-state index is 10.7. The molecule has 0 spiro atoms. The van der Waals surface area contributed by atoms with Crippen LogP contribution in [0.25, 0.3) is 22.6 Å². The van der Waals surface area contributed by atoms with Crippen molar-refractivity contribution in [3.05, 3.63) is 108 Å². The van der Waals surface area contributed by atoms with Gasteiger partial charge in [0.1, 0.15) is 6.61 Å². The highest BCUT2D eigenvalue weighted by atomic mass is 16.5. The number of rotatable bonds is 10. The Morgan fingerprint density at radius 3 is 2.64 bits per heavy atom. The fourth-order valence-corrected chi connectivity index (χ4v) is 3.46. The van der Waals surface area contributed by atoms with Gasteiger partial charge in [0.2, 0.25) is 11.8 Å². The highest BCUT2D eigenvalue weighted by Gasteiger charge is 2.10. The molecule has 0 saturated heterocycles. The number of carbonyl (C=O) groups excluding carboxylic acids is 1. The Kier molecular flexibility index (Phi) is 7.30. The standard InChI is InChI=1S/C27H26N4O2/c28-26(32)11-6-14-29-15-16-33-27-13-12-22(19-30-27)23(17-20-7-2-1-3-8-20)25-18-21-9-4-5-10-24(21)31-25/h1-13,17-19,29,31H,14-16H2,(H2,28,32). The van der Waals surface area contributed by atoms with Gasteiger partial charge in [-0.15, -0.1) is 0 Å². The third kappa shape index (κ3) is 6.18. The highest BCUT2D eigenvalue weighted by molar-refractivity contribution is 5.94. The van der Waals surface area contributed by atoms with Crippen LogP contribution in [0.15, 0.2) is 91.1 Å². The minimum absolute atomic E-state index is 0.453. The number of carbonyl (C=O) groups is 1. The van der Waals surface area contributed by atoms with Crippen LogP contribution in [0, 0.1) is 0 Å². The average molecular weight is 439 g/mol. The second kappa shape index (κ2) is 10.9. The summed E-state index contributed by atoms with van der Waals surface area (Å²) in [4.78, 5) is 18.7. The lowest BCUT2D eigenvalue weighted by atomic mass is 10.0. The molecule has 0 bridgehead atoms. The Morgan fingerprint density at radius 2 is 1.88 bits per heavy atom. The molecular weight excluding hydrogens is 412 g/mol. The number of nitrogens with two attached hydrogens (primary N) is 1. The zero-order valence-corrected chi connectivity index (χ0v) is 18.2. The summed E-state index contributed by atoms with van der Waals surface area (Å²) in [5.74, 6) is 0.106. The van der Waals surface area contributed by atoms with Crippen LogP contribution in [0.2, 0.25) is 0 Å². The van der Waals surface area contributed by atoms with E-state index in [1.165, 1.54) is 6.08 Å². The second-order valence-corrected chi connectivity index (χ2v) is 7.48. The lowest BCUT2D eigenvalue weighted by molar-refractivity contribution is -0.113. The number of aromatic amines is 1. The zero-order valence-electron chi connectivity index (χ0n) is 18.2. The van der Waals surface area contributed by atoms with E-state index < -0.39 is 5.91 Å². The third-order valence-corrected chi connectivity index (χ3v) is 5.05. The molecule has 0 saturated carbocycles. The molecule has 2 heterocycles. The molecule has 0 aliphatic carbocycles. The molecule has 166 valence electrons. The average Bonchev–Trinajstić information content (AvgIpc) is 3.27. The summed E-state index contributed by atoms with van der Waals surface area (Å²) in [7, 11) is 0. The number of amides is 1. The summed E-state index contributed by atoms with van der Waals surface area (Å²) < 4.78 is 5.72. The first kappa shape index (κ1) is 22.0. The number of nitrogens with one attached hydrogen (secondary N) is 2. The molecule has 4 rings (SSSR count). The van der Waals surface area contributed by atoms with Crippen LogP contribution in [0.5, 0.6) is 5.88 Å². The predicted octanol–water partition coefficient (Wildman–Crippen LogP) is 4.16. The minimum Gasteiger partial charge on any atom is -0.476 e. The van der Waals surface area contributed by atoms with Gasteiger partial charge in [0.25, 0.3) is 0 Å². The lowest BCUT2D eigenvalue weighted by Gasteiger charge is -2.09. The Bertz CT molecular complexity index is 1230. The van der Waals surface area contributed by atoms with Crippen molar-refractivity contribution in [1.82, 2.24) is 15.3 Å². The van der Waals surface area contributed by atoms with Crippen molar-refractivity contribution in [3.8, 4) is 5.88 Å². The summed E-state index contributed by atoms with van der Waals surface area (Å²) in [5.41, 5.74) is 10.3. The number of H-pyrrole nitrogens is 1. The SMILES string of the molecule is NC(=O)C=CCNCCOc1ccc(C(=Cc2ccccc2)c2cc3ccccc3[nH]2)cn1. The van der Waals surface area contributed by atoms with Crippen molar-refractivity contribution in [2.45, 2.75) is 0 Å². The molecule has 6 nitrogen and oxygen atoms in total. The van der Waals surface area contributed by atoms with Crippen LogP contribution < -0.4 is 15.8 Å². The van der Waals surface area contributed by atoms with Crippen LogP contribution in [-0.2, 0) is 4.79 Å². The molecule has 0 atom stereocenters. The maximum atomic E-state index is 10.7. The maximum Gasteiger partial charge on any atom is 0.241 e. The topological polar surface area (TPSA) is 93.0 Å². The molecule has 1 amide bonds. The van der Waals surface area contributed by atoms with Crippen molar-refractivity contribution in [2.24, 2.45) is 5.73 Å². The van der Waals surface area contributed by atoms with Gasteiger partial charge in [-0.3, -0.25) is 4.79 Å². The van der Waals surface area contributed by atoms with Gasteiger partial charge in [-0.2, -0.15) is 0 Å². The number of benzene rings is 2. The predicted molar refractivity (Wildman–Crippen MR) is 133 cm³/mol. The van der Waals surface area contributed by atoms with Crippen molar-refractivity contribution in [1.29, 1.82) is 0 Å². The molecule has 0 aliphatic rings. The smallest absolute Gasteiger partial charge is 0.241 e. The van der Waals surface area contributed by atoms with Crippen molar-refractivity contribution >= 4 is 28.5 Å². The van der Waals surface area contributed by atoms with Crippen LogP contribution in [0.1, 0.15) is 16.8 Å². The first-order chi connectivity index (χ1) is 16.2. The van der Waals surface area contributed by atoms with Crippen LogP contribution in [0.4, 0.5) is 0 Å². The summed E-state index contributed by atoms with van der Waals surface area (Å²) in [6.07, 6.45) is 7.01. The summed E-state index contributed by atoms with van der Waals surface area (Å²) >= 11 is 0. The first-order valence-electron chi connectivity index (χ1n) is 10.8. The van der Waals surface area contributed by atoms with E-state index >= 15 is 0 Å². The monoisotopic (exact) mass is 438 g/mol. The van der Waals surface area contributed by atoms with Gasteiger partial charge in [-0.05, 0) is 35.9 Å². The van der Waals surface area contributed by atoms with E-state index in [9.17, 15) is 4.79 Å². The van der Waals surface area contributed by atoms with Gasteiger partial charge in [0, 0.05) is 53.1 Å². The summed E-state index contributed by atoms with van der Waals surface area (Å²) in [6.45, 7) is 1.64. The molecule has 2 aromatic heterocycles. The molecule has 0 fully saturated rings. The Hall–Kier alpha value is -4.16. The number of hydrogen-bond acceptors (Lipinski definition) is 4. The molecule has 6 heteroatoms. The quantitative estimate of drug-likeness (QED) is 0.256. The van der Waals surface area contributed by atoms with Gasteiger partial charge >= 0.3 is 0 Å². The van der Waals surface area contributed by atoms with Gasteiger partial charge in [-0.1, -0.05) is 54.6 Å². The van der Waals surface area contributed by atoms with Crippen LogP contribution >= 0.6 is 0 Å². The van der Waals surface area contributed by atoms with Gasteiger partial charge in [0.05, 0.1) is 0 Å². The summed E-state index contributed by atoms with van der Waals surface area (Å²) in [6, 6.07) is 24.5. The van der Waals surface area contributed by atoms with E-state index in [0.717, 1.165) is 33.3 Å². The second-order valence-electron chi connectivity index (χ2n) is 7.48. The number of fused-ring (bicyclic) bond motifs is 1. The normalized spacial score (nSPS) is 11.8. The van der Waals surface area contributed by atoms with Crippen LogP contribution in [-0.4, -0.2) is 35.6 Å². The largest absolute Gasteiger partial charge is 0.476 e. The molecule has 33 heavy (non-hydrogen) atoms. The molecular formula is C27H26N4O2. The van der Waals surface area contributed by atoms with Gasteiger partial charge < -0.3 is 20.8 Å². The zero-order chi connectivity index (χ0) is 22.9. The number of hydrogen-bond donors (Lipinski definition) is 3. The number of nitrogens with zero attached hydrogens (tertiary/aromatic N) is 1. The van der Waals surface area contributed by atoms with E-state index in [1.54, 1.807) is 6.08 Å². The van der Waals surface area contributed by atoms with E-state index in [-0.39, 0.29) is 0 Å². The van der Waals surface area contributed by atoms with Crippen molar-refractivity contribution in [2.75, 3.05) is 19.7 Å². The van der Waals surface area contributed by atoms with E-state index in [2.05, 4.69) is 51.7 Å². The molecule has 2 aromatic carbocycles. The van der Waals surface area contributed by atoms with Crippen molar-refractivity contribution < 1.29 is 9.53 Å². The molecule has 0 aliphatic heterocycles. The highest BCUT2D eigenvalue weighted by Crippen LogP contribution is 2.28. The molecule has 4 aromatic rings.